The van der Waals surface area contributed by atoms with Crippen molar-refractivity contribution in [2.45, 2.75) is 13.3 Å². The predicted octanol–water partition coefficient (Wildman–Crippen LogP) is 4.70. The Balaban J connectivity index is 1.41. The molecule has 0 saturated heterocycles. The summed E-state index contributed by atoms with van der Waals surface area (Å²) in [6, 6.07) is 19.4. The zero-order valence-corrected chi connectivity index (χ0v) is 16.0. The number of rotatable bonds is 5. The van der Waals surface area contributed by atoms with Crippen LogP contribution in [0.25, 0.3) is 22.4 Å². The van der Waals surface area contributed by atoms with E-state index in [9.17, 15) is 4.79 Å². The highest BCUT2D eigenvalue weighted by atomic mass is 16.1. The van der Waals surface area contributed by atoms with Gasteiger partial charge >= 0.3 is 0 Å². The molecule has 0 radical (unpaired) electrons. The molecular weight excluding hydrogens is 360 g/mol. The van der Waals surface area contributed by atoms with E-state index in [1.807, 2.05) is 67.7 Å². The van der Waals surface area contributed by atoms with E-state index >= 15 is 0 Å². The molecule has 0 saturated carbocycles. The minimum absolute atomic E-state index is 0.100. The van der Waals surface area contributed by atoms with Gasteiger partial charge in [-0.2, -0.15) is 0 Å². The molecule has 0 aliphatic carbocycles. The van der Waals surface area contributed by atoms with Crippen LogP contribution in [0, 0.1) is 6.92 Å². The number of hydrogen-bond donors (Lipinski definition) is 1. The molecule has 0 aliphatic rings. The predicted molar refractivity (Wildman–Crippen MR) is 114 cm³/mol. The average molecular weight is 380 g/mol. The Morgan fingerprint density at radius 3 is 2.52 bits per heavy atom. The minimum atomic E-state index is -0.100. The van der Waals surface area contributed by atoms with Crippen LogP contribution in [0.4, 0.5) is 5.82 Å². The maximum atomic E-state index is 12.4. The highest BCUT2D eigenvalue weighted by Crippen LogP contribution is 2.23. The van der Waals surface area contributed by atoms with E-state index in [2.05, 4.69) is 20.3 Å². The number of aryl methyl sites for hydroxylation is 1. The van der Waals surface area contributed by atoms with Crippen molar-refractivity contribution in [2.24, 2.45) is 0 Å². The number of anilines is 1. The Kier molecular flexibility index (Phi) is 5.38. The van der Waals surface area contributed by atoms with Crippen LogP contribution in [0.15, 0.2) is 85.5 Å². The van der Waals surface area contributed by atoms with Gasteiger partial charge in [-0.05, 0) is 53.9 Å². The minimum Gasteiger partial charge on any atom is -0.310 e. The molecule has 1 N–H and O–H groups in total. The third kappa shape index (κ3) is 4.52. The summed E-state index contributed by atoms with van der Waals surface area (Å²) in [5, 5.41) is 2.85. The van der Waals surface area contributed by atoms with E-state index in [1.165, 1.54) is 0 Å². The first kappa shape index (κ1) is 18.5. The maximum absolute atomic E-state index is 12.4. The standard InChI is InChI=1S/C24H20N4O/c1-17-13-18(7-9-21(17)19-5-4-11-25-15-19)14-24(29)28-23-10-8-20(16-27-23)22-6-2-3-12-26-22/h2-13,15-16H,14H2,1H3,(H,27,28,29). The van der Waals surface area contributed by atoms with Crippen LogP contribution >= 0.6 is 0 Å². The highest BCUT2D eigenvalue weighted by Gasteiger charge is 2.08. The molecule has 5 heteroatoms. The average Bonchev–Trinajstić information content (AvgIpc) is 2.75. The number of benzene rings is 1. The Morgan fingerprint density at radius 2 is 1.83 bits per heavy atom. The molecule has 3 heterocycles. The quantitative estimate of drug-likeness (QED) is 0.545. The number of nitrogens with zero attached hydrogens (tertiary/aromatic N) is 3. The second kappa shape index (κ2) is 8.44. The number of hydrogen-bond acceptors (Lipinski definition) is 4. The fourth-order valence-electron chi connectivity index (χ4n) is 3.21. The molecule has 4 aromatic rings. The van der Waals surface area contributed by atoms with Gasteiger partial charge in [0.15, 0.2) is 0 Å². The summed E-state index contributed by atoms with van der Waals surface area (Å²) in [6.07, 6.45) is 7.35. The SMILES string of the molecule is Cc1cc(CC(=O)Nc2ccc(-c3ccccn3)cn2)ccc1-c1cccnc1. The first-order chi connectivity index (χ1) is 14.2. The first-order valence-electron chi connectivity index (χ1n) is 9.36. The van der Waals surface area contributed by atoms with Gasteiger partial charge in [-0.25, -0.2) is 4.98 Å². The van der Waals surface area contributed by atoms with Crippen molar-refractivity contribution >= 4 is 11.7 Å². The number of carbonyl (C=O) groups is 1. The molecule has 1 aromatic carbocycles. The second-order valence-corrected chi connectivity index (χ2v) is 6.76. The largest absolute Gasteiger partial charge is 0.310 e. The summed E-state index contributed by atoms with van der Waals surface area (Å²) in [5.74, 6) is 0.426. The van der Waals surface area contributed by atoms with E-state index in [4.69, 9.17) is 0 Å². The van der Waals surface area contributed by atoms with Crippen LogP contribution in [0.2, 0.25) is 0 Å². The van der Waals surface area contributed by atoms with Crippen LogP contribution in [0.5, 0.6) is 0 Å². The number of nitrogens with one attached hydrogen (secondary N) is 1. The lowest BCUT2D eigenvalue weighted by molar-refractivity contribution is -0.115. The van der Waals surface area contributed by atoms with Gasteiger partial charge in [0.2, 0.25) is 5.91 Å². The summed E-state index contributed by atoms with van der Waals surface area (Å²) in [4.78, 5) is 25.2. The molecule has 0 bridgehead atoms. The summed E-state index contributed by atoms with van der Waals surface area (Å²) in [6.45, 7) is 2.04. The molecule has 29 heavy (non-hydrogen) atoms. The molecule has 1 amide bonds. The molecule has 3 aromatic heterocycles. The number of carbonyl (C=O) groups excluding carboxylic acids is 1. The van der Waals surface area contributed by atoms with Crippen molar-refractivity contribution in [2.75, 3.05) is 5.32 Å². The van der Waals surface area contributed by atoms with Crippen LogP contribution < -0.4 is 5.32 Å². The summed E-state index contributed by atoms with van der Waals surface area (Å²) >= 11 is 0. The molecule has 142 valence electrons. The van der Waals surface area contributed by atoms with Crippen molar-refractivity contribution < 1.29 is 4.79 Å². The topological polar surface area (TPSA) is 67.8 Å². The van der Waals surface area contributed by atoms with E-state index < -0.39 is 0 Å². The van der Waals surface area contributed by atoms with Crippen molar-refractivity contribution in [3.05, 3.63) is 96.6 Å². The zero-order valence-electron chi connectivity index (χ0n) is 16.0. The van der Waals surface area contributed by atoms with E-state index in [0.717, 1.165) is 33.5 Å². The lowest BCUT2D eigenvalue weighted by Crippen LogP contribution is -2.15. The van der Waals surface area contributed by atoms with Gasteiger partial charge in [0, 0.05) is 35.9 Å². The summed E-state index contributed by atoms with van der Waals surface area (Å²) in [5.41, 5.74) is 6.01. The highest BCUT2D eigenvalue weighted by molar-refractivity contribution is 5.91. The summed E-state index contributed by atoms with van der Waals surface area (Å²) < 4.78 is 0. The lowest BCUT2D eigenvalue weighted by atomic mass is 9.98. The van der Waals surface area contributed by atoms with Crippen LogP contribution in [0.1, 0.15) is 11.1 Å². The van der Waals surface area contributed by atoms with Crippen molar-refractivity contribution in [3.63, 3.8) is 0 Å². The fraction of sp³-hybridized carbons (Fsp3) is 0.0833. The molecule has 0 spiro atoms. The molecule has 5 nitrogen and oxygen atoms in total. The smallest absolute Gasteiger partial charge is 0.229 e. The molecule has 0 fully saturated rings. The monoisotopic (exact) mass is 380 g/mol. The third-order valence-electron chi connectivity index (χ3n) is 4.62. The van der Waals surface area contributed by atoms with E-state index in [0.29, 0.717) is 5.82 Å². The van der Waals surface area contributed by atoms with E-state index in [1.54, 1.807) is 24.7 Å². The first-order valence-corrected chi connectivity index (χ1v) is 9.36. The van der Waals surface area contributed by atoms with E-state index in [-0.39, 0.29) is 12.3 Å². The summed E-state index contributed by atoms with van der Waals surface area (Å²) in [7, 11) is 0. The van der Waals surface area contributed by atoms with Crippen molar-refractivity contribution in [3.8, 4) is 22.4 Å². The Morgan fingerprint density at radius 1 is 0.897 bits per heavy atom. The zero-order chi connectivity index (χ0) is 20.1. The fourth-order valence-corrected chi connectivity index (χ4v) is 3.21. The van der Waals surface area contributed by atoms with Crippen molar-refractivity contribution in [1.82, 2.24) is 15.0 Å². The van der Waals surface area contributed by atoms with Crippen LogP contribution in [0.3, 0.4) is 0 Å². The normalized spacial score (nSPS) is 10.5. The Bertz CT molecular complexity index is 1110. The number of aromatic nitrogens is 3. The van der Waals surface area contributed by atoms with Gasteiger partial charge in [-0.3, -0.25) is 14.8 Å². The number of amides is 1. The van der Waals surface area contributed by atoms with Crippen LogP contribution in [-0.4, -0.2) is 20.9 Å². The maximum Gasteiger partial charge on any atom is 0.229 e. The Hall–Kier alpha value is -3.86. The molecule has 4 rings (SSSR count). The molecule has 0 atom stereocenters. The van der Waals surface area contributed by atoms with Gasteiger partial charge < -0.3 is 5.32 Å². The third-order valence-corrected chi connectivity index (χ3v) is 4.62. The van der Waals surface area contributed by atoms with Gasteiger partial charge in [-0.1, -0.05) is 30.3 Å². The van der Waals surface area contributed by atoms with Gasteiger partial charge in [0.05, 0.1) is 12.1 Å². The van der Waals surface area contributed by atoms with Gasteiger partial charge in [0.1, 0.15) is 5.82 Å². The van der Waals surface area contributed by atoms with Gasteiger partial charge in [0.25, 0.3) is 0 Å². The van der Waals surface area contributed by atoms with Gasteiger partial charge in [-0.15, -0.1) is 0 Å². The molecule has 0 aliphatic heterocycles. The lowest BCUT2D eigenvalue weighted by Gasteiger charge is -2.09. The van der Waals surface area contributed by atoms with Crippen molar-refractivity contribution in [1.29, 1.82) is 0 Å². The molecule has 0 unspecified atom stereocenters. The molecular formula is C24H20N4O. The van der Waals surface area contributed by atoms with Crippen LogP contribution in [-0.2, 0) is 11.2 Å². The Labute approximate surface area is 169 Å². The second-order valence-electron chi connectivity index (χ2n) is 6.76. The number of pyridine rings is 3.